The monoisotopic (exact) mass is 410 g/mol. The second kappa shape index (κ2) is 12.1. The van der Waals surface area contributed by atoms with Crippen LogP contribution < -0.4 is 5.32 Å². The Labute approximate surface area is 177 Å². The minimum Gasteiger partial charge on any atom is -0.376 e. The predicted octanol–water partition coefficient (Wildman–Crippen LogP) is 1.97. The molecule has 0 aromatic heterocycles. The van der Waals surface area contributed by atoms with Gasteiger partial charge in [-0.3, -0.25) is 9.89 Å². The molecule has 3 heterocycles. The summed E-state index contributed by atoms with van der Waals surface area (Å²) in [4.78, 5) is 9.38. The van der Waals surface area contributed by atoms with E-state index in [4.69, 9.17) is 14.2 Å². The number of aliphatic imine (C=N–C) groups is 1. The molecule has 0 aromatic rings. The molecule has 0 amide bonds. The molecular formula is C22H42N4O3. The first-order valence-electron chi connectivity index (χ1n) is 11.7. The lowest BCUT2D eigenvalue weighted by atomic mass is 10.1. The van der Waals surface area contributed by atoms with Crippen molar-refractivity contribution in [2.45, 2.75) is 64.3 Å². The summed E-state index contributed by atoms with van der Waals surface area (Å²) < 4.78 is 17.9. The summed E-state index contributed by atoms with van der Waals surface area (Å²) in [6.45, 7) is 13.0. The third-order valence-electron chi connectivity index (χ3n) is 6.08. The average molecular weight is 411 g/mol. The molecule has 0 aromatic carbocycles. The van der Waals surface area contributed by atoms with Crippen LogP contribution in [0.2, 0.25) is 0 Å². The number of likely N-dealkylation sites (tertiary alicyclic amines) is 1. The maximum atomic E-state index is 6.15. The van der Waals surface area contributed by atoms with Crippen LogP contribution in [-0.2, 0) is 14.2 Å². The molecule has 0 bridgehead atoms. The van der Waals surface area contributed by atoms with Gasteiger partial charge in [0, 0.05) is 52.9 Å². The van der Waals surface area contributed by atoms with E-state index in [1.54, 1.807) is 0 Å². The zero-order valence-corrected chi connectivity index (χ0v) is 18.8. The van der Waals surface area contributed by atoms with Crippen molar-refractivity contribution in [2.24, 2.45) is 10.9 Å². The Morgan fingerprint density at radius 1 is 1.07 bits per heavy atom. The molecule has 3 aliphatic rings. The van der Waals surface area contributed by atoms with Crippen molar-refractivity contribution in [3.63, 3.8) is 0 Å². The fraction of sp³-hybridized carbons (Fsp3) is 0.955. The molecule has 2 unspecified atom stereocenters. The molecule has 3 rings (SSSR count). The molecule has 0 radical (unpaired) electrons. The lowest BCUT2D eigenvalue weighted by Crippen LogP contribution is -2.52. The zero-order chi connectivity index (χ0) is 20.5. The Kier molecular flexibility index (Phi) is 9.49. The van der Waals surface area contributed by atoms with E-state index in [2.05, 4.69) is 34.0 Å². The van der Waals surface area contributed by atoms with Crippen LogP contribution in [0.15, 0.2) is 4.99 Å². The van der Waals surface area contributed by atoms with Gasteiger partial charge in [0.05, 0.1) is 31.5 Å². The zero-order valence-electron chi connectivity index (χ0n) is 18.8. The van der Waals surface area contributed by atoms with Crippen molar-refractivity contribution in [3.8, 4) is 0 Å². The van der Waals surface area contributed by atoms with Crippen LogP contribution in [0, 0.1) is 5.92 Å². The summed E-state index contributed by atoms with van der Waals surface area (Å²) in [5, 5.41) is 3.54. The number of hydrogen-bond acceptors (Lipinski definition) is 5. The first-order chi connectivity index (χ1) is 14.1. The number of guanidine groups is 1. The number of hydrogen-bond donors (Lipinski definition) is 1. The fourth-order valence-electron chi connectivity index (χ4n) is 4.54. The third kappa shape index (κ3) is 7.70. The summed E-state index contributed by atoms with van der Waals surface area (Å²) in [5.74, 6) is 1.69. The minimum absolute atomic E-state index is 0.232. The molecule has 168 valence electrons. The van der Waals surface area contributed by atoms with Crippen LogP contribution >= 0.6 is 0 Å². The number of piperidine rings is 1. The van der Waals surface area contributed by atoms with Crippen LogP contribution in [0.4, 0.5) is 0 Å². The van der Waals surface area contributed by atoms with Gasteiger partial charge in [-0.15, -0.1) is 0 Å². The Morgan fingerprint density at radius 3 is 2.55 bits per heavy atom. The van der Waals surface area contributed by atoms with Crippen molar-refractivity contribution in [3.05, 3.63) is 0 Å². The van der Waals surface area contributed by atoms with E-state index in [0.717, 1.165) is 84.3 Å². The Balaban J connectivity index is 1.34. The molecule has 3 aliphatic heterocycles. The van der Waals surface area contributed by atoms with E-state index in [1.807, 2.05) is 7.05 Å². The largest absolute Gasteiger partial charge is 0.376 e. The topological polar surface area (TPSA) is 58.6 Å². The normalized spacial score (nSPS) is 28.1. The summed E-state index contributed by atoms with van der Waals surface area (Å²) in [6, 6.07) is 0. The van der Waals surface area contributed by atoms with Crippen LogP contribution in [0.1, 0.15) is 46.0 Å². The quantitative estimate of drug-likeness (QED) is 0.512. The molecule has 0 saturated carbocycles. The maximum absolute atomic E-state index is 6.15. The van der Waals surface area contributed by atoms with E-state index in [0.29, 0.717) is 18.1 Å². The van der Waals surface area contributed by atoms with E-state index < -0.39 is 0 Å². The summed E-state index contributed by atoms with van der Waals surface area (Å²) in [6.07, 6.45) is 6.61. The average Bonchev–Trinajstić information content (AvgIpc) is 2.74. The first kappa shape index (κ1) is 22.8. The van der Waals surface area contributed by atoms with E-state index in [1.165, 1.54) is 12.8 Å². The molecule has 1 N–H and O–H groups in total. The third-order valence-corrected chi connectivity index (χ3v) is 6.08. The first-order valence-corrected chi connectivity index (χ1v) is 11.7. The van der Waals surface area contributed by atoms with Crippen molar-refractivity contribution in [2.75, 3.05) is 66.1 Å². The lowest BCUT2D eigenvalue weighted by Gasteiger charge is -2.37. The summed E-state index contributed by atoms with van der Waals surface area (Å²) in [7, 11) is 1.87. The number of morpholine rings is 1. The van der Waals surface area contributed by atoms with Crippen molar-refractivity contribution in [1.82, 2.24) is 15.1 Å². The van der Waals surface area contributed by atoms with Crippen molar-refractivity contribution in [1.29, 1.82) is 0 Å². The molecular weight excluding hydrogens is 368 g/mol. The summed E-state index contributed by atoms with van der Waals surface area (Å²) >= 11 is 0. The van der Waals surface area contributed by atoms with Gasteiger partial charge in [-0.1, -0.05) is 13.8 Å². The second-order valence-corrected chi connectivity index (χ2v) is 9.08. The van der Waals surface area contributed by atoms with Gasteiger partial charge in [-0.25, -0.2) is 0 Å². The smallest absolute Gasteiger partial charge is 0.193 e. The standard InChI is InChI=1S/C22H42N4O3/c1-18(2)15-25-11-13-28-21(16-25)14-24-22(23-3)26-9-7-19(8-10-26)29-17-20-6-4-5-12-27-20/h18-21H,4-17H2,1-3H3,(H,23,24). The summed E-state index contributed by atoms with van der Waals surface area (Å²) in [5.41, 5.74) is 0. The maximum Gasteiger partial charge on any atom is 0.193 e. The number of ether oxygens (including phenoxy) is 3. The van der Waals surface area contributed by atoms with Crippen molar-refractivity contribution >= 4 is 5.96 Å². The highest BCUT2D eigenvalue weighted by Crippen LogP contribution is 2.18. The SMILES string of the molecule is CN=C(NCC1CN(CC(C)C)CCO1)N1CCC(OCC2CCCCO2)CC1. The van der Waals surface area contributed by atoms with Crippen LogP contribution in [0.3, 0.4) is 0 Å². The molecule has 7 heteroatoms. The molecule has 29 heavy (non-hydrogen) atoms. The highest BCUT2D eigenvalue weighted by molar-refractivity contribution is 5.80. The molecule has 2 atom stereocenters. The second-order valence-electron chi connectivity index (χ2n) is 9.08. The minimum atomic E-state index is 0.232. The Bertz CT molecular complexity index is 488. The molecule has 0 spiro atoms. The van der Waals surface area contributed by atoms with Gasteiger partial charge in [0.15, 0.2) is 5.96 Å². The Hall–Kier alpha value is -0.890. The molecule has 3 fully saturated rings. The lowest BCUT2D eigenvalue weighted by molar-refractivity contribution is -0.0722. The molecule has 3 saturated heterocycles. The van der Waals surface area contributed by atoms with Crippen molar-refractivity contribution < 1.29 is 14.2 Å². The van der Waals surface area contributed by atoms with E-state index >= 15 is 0 Å². The van der Waals surface area contributed by atoms with E-state index in [9.17, 15) is 0 Å². The van der Waals surface area contributed by atoms with E-state index in [-0.39, 0.29) is 6.10 Å². The fourth-order valence-corrected chi connectivity index (χ4v) is 4.54. The number of nitrogens with zero attached hydrogens (tertiary/aromatic N) is 3. The van der Waals surface area contributed by atoms with Gasteiger partial charge in [-0.2, -0.15) is 0 Å². The van der Waals surface area contributed by atoms with Crippen LogP contribution in [0.25, 0.3) is 0 Å². The van der Waals surface area contributed by atoms with Gasteiger partial charge in [-0.05, 0) is 38.0 Å². The number of nitrogens with one attached hydrogen (secondary N) is 1. The molecule has 0 aliphatic carbocycles. The van der Waals surface area contributed by atoms with Crippen LogP contribution in [0.5, 0.6) is 0 Å². The predicted molar refractivity (Wildman–Crippen MR) is 117 cm³/mol. The van der Waals surface area contributed by atoms with Gasteiger partial charge < -0.3 is 24.4 Å². The van der Waals surface area contributed by atoms with Gasteiger partial charge in [0.2, 0.25) is 0 Å². The van der Waals surface area contributed by atoms with Crippen LogP contribution in [-0.4, -0.2) is 100 Å². The number of rotatable bonds is 7. The van der Waals surface area contributed by atoms with Gasteiger partial charge in [0.1, 0.15) is 0 Å². The Morgan fingerprint density at radius 2 is 1.86 bits per heavy atom. The molecule has 7 nitrogen and oxygen atoms in total. The highest BCUT2D eigenvalue weighted by Gasteiger charge is 2.25. The van der Waals surface area contributed by atoms with Gasteiger partial charge >= 0.3 is 0 Å². The highest BCUT2D eigenvalue weighted by atomic mass is 16.5. The van der Waals surface area contributed by atoms with Gasteiger partial charge in [0.25, 0.3) is 0 Å².